The van der Waals surface area contributed by atoms with Gasteiger partial charge in [0, 0.05) is 23.6 Å². The second-order valence-corrected chi connectivity index (χ2v) is 10.8. The summed E-state index contributed by atoms with van der Waals surface area (Å²) in [6.45, 7) is 3.93. The minimum absolute atomic E-state index is 0.248. The van der Waals surface area contributed by atoms with Gasteiger partial charge in [0.05, 0.1) is 17.9 Å². The van der Waals surface area contributed by atoms with Crippen molar-refractivity contribution in [1.82, 2.24) is 14.1 Å². The molecule has 1 N–H and O–H groups in total. The molecule has 0 unspecified atom stereocenters. The molecule has 0 saturated carbocycles. The van der Waals surface area contributed by atoms with Crippen LogP contribution in [0.5, 0.6) is 0 Å². The molecule has 38 heavy (non-hydrogen) atoms. The monoisotopic (exact) mass is 528 g/mol. The zero-order valence-corrected chi connectivity index (χ0v) is 22.4. The molecule has 0 aliphatic rings. The van der Waals surface area contributed by atoms with Crippen LogP contribution in [0.2, 0.25) is 0 Å². The number of carbonyl (C=O) groups excluding carboxylic acids is 1. The van der Waals surface area contributed by atoms with Crippen molar-refractivity contribution in [3.05, 3.63) is 108 Å². The Morgan fingerprint density at radius 2 is 1.63 bits per heavy atom. The first-order chi connectivity index (χ1) is 18.4. The Labute approximate surface area is 224 Å². The number of nitrogens with zero attached hydrogens (tertiary/aromatic N) is 3. The first kappa shape index (κ1) is 27.0. The quantitative estimate of drug-likeness (QED) is 0.263. The third-order valence-electron chi connectivity index (χ3n) is 6.00. The highest BCUT2D eigenvalue weighted by Gasteiger charge is 2.23. The van der Waals surface area contributed by atoms with Gasteiger partial charge in [-0.2, -0.15) is 9.40 Å². The van der Waals surface area contributed by atoms with Crippen molar-refractivity contribution in [2.24, 2.45) is 0 Å². The van der Waals surface area contributed by atoms with Gasteiger partial charge in [-0.1, -0.05) is 91.7 Å². The van der Waals surface area contributed by atoms with Crippen molar-refractivity contribution in [3.8, 4) is 16.9 Å². The molecule has 0 bridgehead atoms. The van der Waals surface area contributed by atoms with Crippen molar-refractivity contribution in [1.29, 1.82) is 0 Å². The summed E-state index contributed by atoms with van der Waals surface area (Å²) in [5.74, 6) is 0.0241. The van der Waals surface area contributed by atoms with Crippen LogP contribution in [0, 0.1) is 6.92 Å². The number of anilines is 1. The van der Waals surface area contributed by atoms with Gasteiger partial charge in [-0.3, -0.25) is 4.79 Å². The lowest BCUT2D eigenvalue weighted by Crippen LogP contribution is -2.37. The average Bonchev–Trinajstić information content (AvgIpc) is 3.35. The van der Waals surface area contributed by atoms with E-state index in [1.807, 2.05) is 98.8 Å². The first-order valence-electron chi connectivity index (χ1n) is 12.6. The zero-order valence-electron chi connectivity index (χ0n) is 21.6. The van der Waals surface area contributed by atoms with E-state index < -0.39 is 15.9 Å². The SMILES string of the molecule is CCCCN(CC(=O)Nc1cc(-c2ccccc2)nn1-c1ccc(C)cc1)S(=O)(=O)/C=C/c1ccccc1. The van der Waals surface area contributed by atoms with Crippen LogP contribution in [0.3, 0.4) is 0 Å². The number of unbranched alkanes of at least 4 members (excludes halogenated alkanes) is 1. The number of sulfonamides is 1. The molecular formula is C30H32N4O3S. The third-order valence-corrected chi connectivity index (χ3v) is 7.51. The number of amides is 1. The Hall–Kier alpha value is -4.01. The molecule has 0 fully saturated rings. The molecule has 7 nitrogen and oxygen atoms in total. The molecule has 0 atom stereocenters. The van der Waals surface area contributed by atoms with Crippen LogP contribution in [0.1, 0.15) is 30.9 Å². The second kappa shape index (κ2) is 12.5. The fourth-order valence-electron chi connectivity index (χ4n) is 3.89. The minimum Gasteiger partial charge on any atom is -0.309 e. The molecule has 0 spiro atoms. The molecule has 1 aromatic heterocycles. The average molecular weight is 529 g/mol. The lowest BCUT2D eigenvalue weighted by atomic mass is 10.1. The number of hydrogen-bond donors (Lipinski definition) is 1. The fraction of sp³-hybridized carbons (Fsp3) is 0.200. The Morgan fingerprint density at radius 1 is 0.974 bits per heavy atom. The van der Waals surface area contributed by atoms with Crippen molar-refractivity contribution in [3.63, 3.8) is 0 Å². The van der Waals surface area contributed by atoms with Crippen molar-refractivity contribution >= 4 is 27.8 Å². The van der Waals surface area contributed by atoms with Gasteiger partial charge in [0.2, 0.25) is 15.9 Å². The molecule has 1 heterocycles. The predicted octanol–water partition coefficient (Wildman–Crippen LogP) is 5.89. The van der Waals surface area contributed by atoms with Crippen LogP contribution in [-0.2, 0) is 14.8 Å². The smallest absolute Gasteiger partial charge is 0.240 e. The van der Waals surface area contributed by atoms with Gasteiger partial charge in [-0.25, -0.2) is 13.1 Å². The van der Waals surface area contributed by atoms with E-state index in [4.69, 9.17) is 5.10 Å². The highest BCUT2D eigenvalue weighted by Crippen LogP contribution is 2.25. The standard InChI is InChI=1S/C30H32N4O3S/c1-3-4-20-33(38(36,37)21-19-25-11-7-5-8-12-25)23-30(35)31-29-22-28(26-13-9-6-10-14-26)32-34(29)27-17-15-24(2)16-18-27/h5-19,21-22H,3-4,20,23H2,1-2H3,(H,31,35)/b21-19+. The van der Waals surface area contributed by atoms with Gasteiger partial charge in [-0.15, -0.1) is 0 Å². The van der Waals surface area contributed by atoms with Gasteiger partial charge in [-0.05, 0) is 37.1 Å². The zero-order chi connectivity index (χ0) is 27.0. The van der Waals surface area contributed by atoms with E-state index in [9.17, 15) is 13.2 Å². The Morgan fingerprint density at radius 3 is 2.29 bits per heavy atom. The molecule has 0 radical (unpaired) electrons. The first-order valence-corrected chi connectivity index (χ1v) is 14.1. The normalized spacial score (nSPS) is 11.8. The van der Waals surface area contributed by atoms with Gasteiger partial charge in [0.15, 0.2) is 0 Å². The number of hydrogen-bond acceptors (Lipinski definition) is 4. The number of carbonyl (C=O) groups is 1. The molecule has 3 aromatic carbocycles. The molecule has 0 aliphatic carbocycles. The number of benzene rings is 3. The van der Waals surface area contributed by atoms with Crippen LogP contribution in [0.25, 0.3) is 23.0 Å². The summed E-state index contributed by atoms with van der Waals surface area (Å²) in [6, 6.07) is 28.5. The van der Waals surface area contributed by atoms with Crippen LogP contribution in [0.15, 0.2) is 96.4 Å². The van der Waals surface area contributed by atoms with E-state index in [1.165, 1.54) is 4.31 Å². The molecule has 4 aromatic rings. The van der Waals surface area contributed by atoms with Gasteiger partial charge in [0.1, 0.15) is 5.82 Å². The summed E-state index contributed by atoms with van der Waals surface area (Å²) in [4.78, 5) is 13.2. The molecule has 4 rings (SSSR count). The van der Waals surface area contributed by atoms with Gasteiger partial charge >= 0.3 is 0 Å². The maximum atomic E-state index is 13.2. The van der Waals surface area contributed by atoms with Crippen molar-refractivity contribution < 1.29 is 13.2 Å². The maximum absolute atomic E-state index is 13.2. The lowest BCUT2D eigenvalue weighted by Gasteiger charge is -2.20. The molecule has 196 valence electrons. The summed E-state index contributed by atoms with van der Waals surface area (Å²) in [7, 11) is -3.82. The summed E-state index contributed by atoms with van der Waals surface area (Å²) < 4.78 is 29.2. The van der Waals surface area contributed by atoms with E-state index in [1.54, 1.807) is 16.8 Å². The Kier molecular flexibility index (Phi) is 8.89. The molecule has 0 saturated heterocycles. The van der Waals surface area contributed by atoms with Crippen LogP contribution < -0.4 is 5.32 Å². The highest BCUT2D eigenvalue weighted by atomic mass is 32.2. The number of aromatic nitrogens is 2. The van der Waals surface area contributed by atoms with Gasteiger partial charge in [0.25, 0.3) is 0 Å². The number of aryl methyl sites for hydroxylation is 1. The second-order valence-electron chi connectivity index (χ2n) is 9.02. The topological polar surface area (TPSA) is 84.3 Å². The maximum Gasteiger partial charge on any atom is 0.240 e. The minimum atomic E-state index is -3.82. The highest BCUT2D eigenvalue weighted by molar-refractivity contribution is 7.92. The fourth-order valence-corrected chi connectivity index (χ4v) is 5.07. The Bertz CT molecular complexity index is 1480. The lowest BCUT2D eigenvalue weighted by molar-refractivity contribution is -0.116. The Balaban J connectivity index is 1.59. The van der Waals surface area contributed by atoms with E-state index in [0.29, 0.717) is 17.9 Å². The molecule has 1 amide bonds. The van der Waals surface area contributed by atoms with Gasteiger partial charge < -0.3 is 5.32 Å². The molecular weight excluding hydrogens is 496 g/mol. The van der Waals surface area contributed by atoms with Crippen LogP contribution in [-0.4, -0.2) is 41.5 Å². The van der Waals surface area contributed by atoms with Crippen LogP contribution >= 0.6 is 0 Å². The largest absolute Gasteiger partial charge is 0.309 e. The number of nitrogens with one attached hydrogen (secondary N) is 1. The summed E-state index contributed by atoms with van der Waals surface area (Å²) in [6.07, 6.45) is 2.99. The summed E-state index contributed by atoms with van der Waals surface area (Å²) in [5, 5.41) is 8.79. The van der Waals surface area contributed by atoms with E-state index in [0.717, 1.165) is 34.2 Å². The van der Waals surface area contributed by atoms with Crippen LogP contribution in [0.4, 0.5) is 5.82 Å². The van der Waals surface area contributed by atoms with E-state index in [2.05, 4.69) is 5.32 Å². The summed E-state index contributed by atoms with van der Waals surface area (Å²) in [5.41, 5.74) is 4.27. The number of rotatable bonds is 11. The van der Waals surface area contributed by atoms with Crippen molar-refractivity contribution in [2.75, 3.05) is 18.4 Å². The summed E-state index contributed by atoms with van der Waals surface area (Å²) >= 11 is 0. The van der Waals surface area contributed by atoms with E-state index in [-0.39, 0.29) is 13.1 Å². The van der Waals surface area contributed by atoms with E-state index >= 15 is 0 Å². The predicted molar refractivity (Wildman–Crippen MR) is 153 cm³/mol. The molecule has 8 heteroatoms. The van der Waals surface area contributed by atoms with Crippen molar-refractivity contribution in [2.45, 2.75) is 26.7 Å². The third kappa shape index (κ3) is 7.06. The molecule has 0 aliphatic heterocycles.